The molecule has 18 heavy (non-hydrogen) atoms. The maximum atomic E-state index is 11.2. The van der Waals surface area contributed by atoms with Crippen LogP contribution in [0, 0.1) is 0 Å². The Balaban J connectivity index is 2.47. The van der Waals surface area contributed by atoms with Crippen LogP contribution in [-0.4, -0.2) is 27.3 Å². The van der Waals surface area contributed by atoms with Crippen molar-refractivity contribution in [3.05, 3.63) is 35.5 Å². The number of carboxylic acid groups (broad SMARTS) is 1. The number of H-pyrrole nitrogens is 1. The number of nitrogens with zero attached hydrogens (tertiary/aromatic N) is 1. The average molecular weight is 262 g/mol. The van der Waals surface area contributed by atoms with E-state index in [-0.39, 0.29) is 5.69 Å². The Labute approximate surface area is 109 Å². The van der Waals surface area contributed by atoms with Crippen molar-refractivity contribution >= 4 is 17.7 Å². The highest BCUT2D eigenvalue weighted by atomic mass is 32.2. The first kappa shape index (κ1) is 12.7. The fourth-order valence-corrected chi connectivity index (χ4v) is 2.10. The van der Waals surface area contributed by atoms with Gasteiger partial charge in [0.15, 0.2) is 10.9 Å². The monoisotopic (exact) mass is 262 g/mol. The van der Waals surface area contributed by atoms with Crippen LogP contribution >= 0.6 is 11.8 Å². The Morgan fingerprint density at radius 2 is 2.06 bits per heavy atom. The van der Waals surface area contributed by atoms with Crippen molar-refractivity contribution in [3.8, 4) is 11.3 Å². The van der Waals surface area contributed by atoms with Gasteiger partial charge in [0.05, 0.1) is 0 Å². The van der Waals surface area contributed by atoms with E-state index in [1.54, 1.807) is 0 Å². The van der Waals surface area contributed by atoms with Crippen molar-refractivity contribution in [2.75, 3.05) is 6.26 Å². The fourth-order valence-electron chi connectivity index (χ4n) is 1.71. The number of nitrogens with one attached hydrogen (secondary N) is 1. The van der Waals surface area contributed by atoms with Gasteiger partial charge in [0.25, 0.3) is 0 Å². The minimum atomic E-state index is -0.989. The minimum absolute atomic E-state index is 0.142. The predicted molar refractivity (Wildman–Crippen MR) is 72.1 cm³/mol. The van der Waals surface area contributed by atoms with E-state index < -0.39 is 5.97 Å². The molecule has 0 aliphatic heterocycles. The lowest BCUT2D eigenvalue weighted by Crippen LogP contribution is -1.99. The highest BCUT2D eigenvalue weighted by Crippen LogP contribution is 2.25. The largest absolute Gasteiger partial charge is 0.477 e. The zero-order chi connectivity index (χ0) is 13.1. The molecule has 0 spiro atoms. The van der Waals surface area contributed by atoms with E-state index in [4.69, 9.17) is 5.11 Å². The van der Waals surface area contributed by atoms with E-state index in [1.165, 1.54) is 17.3 Å². The maximum absolute atomic E-state index is 11.2. The summed E-state index contributed by atoms with van der Waals surface area (Å²) in [5, 5.41) is 9.77. The molecule has 2 rings (SSSR count). The number of carbonyl (C=O) groups is 1. The molecule has 4 nitrogen and oxygen atoms in total. The summed E-state index contributed by atoms with van der Waals surface area (Å²) in [6.45, 7) is 2.08. The molecule has 1 aromatic heterocycles. The Bertz CT molecular complexity index is 561. The summed E-state index contributed by atoms with van der Waals surface area (Å²) in [5.41, 5.74) is 2.68. The van der Waals surface area contributed by atoms with Gasteiger partial charge in [-0.3, -0.25) is 0 Å². The number of aryl methyl sites for hydroxylation is 1. The highest BCUT2D eigenvalue weighted by molar-refractivity contribution is 7.98. The smallest absolute Gasteiger partial charge is 0.354 e. The van der Waals surface area contributed by atoms with E-state index in [0.717, 1.165) is 12.0 Å². The van der Waals surface area contributed by atoms with Crippen molar-refractivity contribution in [1.82, 2.24) is 9.97 Å². The van der Waals surface area contributed by atoms with Gasteiger partial charge in [0, 0.05) is 5.56 Å². The molecule has 5 heteroatoms. The molecule has 0 saturated heterocycles. The van der Waals surface area contributed by atoms with Gasteiger partial charge in [-0.15, -0.1) is 0 Å². The van der Waals surface area contributed by atoms with E-state index >= 15 is 0 Å². The number of aromatic amines is 1. The van der Waals surface area contributed by atoms with E-state index in [2.05, 4.69) is 16.9 Å². The van der Waals surface area contributed by atoms with Crippen molar-refractivity contribution in [3.63, 3.8) is 0 Å². The maximum Gasteiger partial charge on any atom is 0.354 e. The number of hydrogen-bond donors (Lipinski definition) is 2. The third-order valence-electron chi connectivity index (χ3n) is 2.72. The lowest BCUT2D eigenvalue weighted by atomic mass is 10.1. The van der Waals surface area contributed by atoms with Crippen LogP contribution < -0.4 is 0 Å². The van der Waals surface area contributed by atoms with Crippen LogP contribution in [0.4, 0.5) is 0 Å². The van der Waals surface area contributed by atoms with Crippen LogP contribution in [0.15, 0.2) is 29.4 Å². The summed E-state index contributed by atoms with van der Waals surface area (Å²) in [5.74, 6) is -0.989. The fraction of sp³-hybridized carbons (Fsp3) is 0.231. The number of carboxylic acids is 1. The van der Waals surface area contributed by atoms with E-state index in [9.17, 15) is 4.79 Å². The van der Waals surface area contributed by atoms with Gasteiger partial charge in [-0.05, 0) is 18.2 Å². The van der Waals surface area contributed by atoms with Gasteiger partial charge in [-0.25, -0.2) is 9.78 Å². The summed E-state index contributed by atoms with van der Waals surface area (Å²) in [6, 6.07) is 7.81. The Hall–Kier alpha value is -1.75. The number of aromatic nitrogens is 2. The number of hydrogen-bond acceptors (Lipinski definition) is 3. The van der Waals surface area contributed by atoms with Crippen LogP contribution in [0.1, 0.15) is 23.0 Å². The highest BCUT2D eigenvalue weighted by Gasteiger charge is 2.17. The van der Waals surface area contributed by atoms with Gasteiger partial charge in [0.1, 0.15) is 5.69 Å². The first-order valence-electron chi connectivity index (χ1n) is 5.62. The van der Waals surface area contributed by atoms with Crippen molar-refractivity contribution < 1.29 is 9.90 Å². The molecule has 94 valence electrons. The first-order valence-corrected chi connectivity index (χ1v) is 6.84. The van der Waals surface area contributed by atoms with Gasteiger partial charge >= 0.3 is 5.97 Å². The SMILES string of the molecule is CCc1ccc(-c2nc(SC)[nH]c2C(=O)O)cc1. The van der Waals surface area contributed by atoms with Crippen molar-refractivity contribution in [2.24, 2.45) is 0 Å². The van der Waals surface area contributed by atoms with Gasteiger partial charge < -0.3 is 10.1 Å². The predicted octanol–water partition coefficient (Wildman–Crippen LogP) is 3.06. The van der Waals surface area contributed by atoms with Gasteiger partial charge in [-0.2, -0.15) is 0 Å². The zero-order valence-electron chi connectivity index (χ0n) is 10.2. The summed E-state index contributed by atoms with van der Waals surface area (Å²) in [6.07, 6.45) is 2.82. The summed E-state index contributed by atoms with van der Waals surface area (Å²) < 4.78 is 0. The Kier molecular flexibility index (Phi) is 3.72. The third kappa shape index (κ3) is 2.41. The molecule has 0 aliphatic carbocycles. The standard InChI is InChI=1S/C13H14N2O2S/c1-3-8-4-6-9(7-5-8)10-11(12(16)17)15-13(14-10)18-2/h4-7H,3H2,1-2H3,(H,14,15)(H,16,17). The Morgan fingerprint density at radius 3 is 2.56 bits per heavy atom. The van der Waals surface area contributed by atoms with Crippen LogP contribution in [-0.2, 0) is 6.42 Å². The number of benzene rings is 1. The van der Waals surface area contributed by atoms with E-state index in [1.807, 2.05) is 30.5 Å². The molecular weight excluding hydrogens is 248 g/mol. The third-order valence-corrected chi connectivity index (χ3v) is 3.30. The second-order valence-electron chi connectivity index (χ2n) is 3.83. The molecular formula is C13H14N2O2S. The topological polar surface area (TPSA) is 66.0 Å². The molecule has 0 bridgehead atoms. The molecule has 0 radical (unpaired) electrons. The molecule has 0 unspecified atom stereocenters. The van der Waals surface area contributed by atoms with Crippen molar-refractivity contribution in [2.45, 2.75) is 18.5 Å². The number of imidazole rings is 1. The first-order chi connectivity index (χ1) is 8.65. The summed E-state index contributed by atoms with van der Waals surface area (Å²) in [7, 11) is 0. The molecule has 1 aromatic carbocycles. The number of aromatic carboxylic acids is 1. The molecule has 0 amide bonds. The molecule has 0 saturated carbocycles. The molecule has 0 fully saturated rings. The minimum Gasteiger partial charge on any atom is -0.477 e. The molecule has 1 heterocycles. The van der Waals surface area contributed by atoms with E-state index in [0.29, 0.717) is 10.9 Å². The van der Waals surface area contributed by atoms with Crippen LogP contribution in [0.5, 0.6) is 0 Å². The zero-order valence-corrected chi connectivity index (χ0v) is 11.0. The summed E-state index contributed by atoms with van der Waals surface area (Å²) >= 11 is 1.39. The summed E-state index contributed by atoms with van der Waals surface area (Å²) in [4.78, 5) is 18.3. The number of rotatable bonds is 4. The lowest BCUT2D eigenvalue weighted by molar-refractivity contribution is 0.0691. The second kappa shape index (κ2) is 5.27. The average Bonchev–Trinajstić information content (AvgIpc) is 2.83. The van der Waals surface area contributed by atoms with Crippen molar-refractivity contribution in [1.29, 1.82) is 0 Å². The van der Waals surface area contributed by atoms with Crippen LogP contribution in [0.3, 0.4) is 0 Å². The quantitative estimate of drug-likeness (QED) is 0.831. The lowest BCUT2D eigenvalue weighted by Gasteiger charge is -2.00. The molecule has 2 N–H and O–H groups in total. The van der Waals surface area contributed by atoms with Gasteiger partial charge in [0.2, 0.25) is 0 Å². The second-order valence-corrected chi connectivity index (χ2v) is 4.62. The molecule has 0 aliphatic rings. The molecule has 2 aromatic rings. The van der Waals surface area contributed by atoms with Gasteiger partial charge in [-0.1, -0.05) is 43.0 Å². The Morgan fingerprint density at radius 1 is 1.39 bits per heavy atom. The van der Waals surface area contributed by atoms with Crippen LogP contribution in [0.2, 0.25) is 0 Å². The normalized spacial score (nSPS) is 10.6. The van der Waals surface area contributed by atoms with Crippen LogP contribution in [0.25, 0.3) is 11.3 Å². The molecule has 0 atom stereocenters. The number of thioether (sulfide) groups is 1.